The van der Waals surface area contributed by atoms with Crippen LogP contribution >= 0.6 is 11.6 Å². The van der Waals surface area contributed by atoms with E-state index in [-0.39, 0.29) is 18.2 Å². The highest BCUT2D eigenvalue weighted by molar-refractivity contribution is 6.30. The summed E-state index contributed by atoms with van der Waals surface area (Å²) in [4.78, 5) is 40.8. The van der Waals surface area contributed by atoms with E-state index in [2.05, 4.69) is 5.32 Å². The van der Waals surface area contributed by atoms with E-state index < -0.39 is 5.97 Å². The smallest absolute Gasteiger partial charge is 0.315 e. The summed E-state index contributed by atoms with van der Waals surface area (Å²) in [5.74, 6) is 0.133. The number of nitrogens with one attached hydrogen (secondary N) is 1. The van der Waals surface area contributed by atoms with Crippen molar-refractivity contribution in [2.24, 2.45) is 0 Å². The quantitative estimate of drug-likeness (QED) is 0.196. The molecule has 1 heterocycles. The van der Waals surface area contributed by atoms with Gasteiger partial charge in [-0.3, -0.25) is 23.9 Å². The van der Waals surface area contributed by atoms with E-state index >= 15 is 0 Å². The standard InChI is InChI=1S/C31H32ClN3O5/c1-5-34(6-2)19-29(36)33-23-11-13-24(14-12-23)40-30(37)18-26-20(3)35(28-16-15-25(39-4)17-27(26)28)31(38)21-7-9-22(32)10-8-21/h7-17H,5-6,18-19H2,1-4H3,(H,33,36). The largest absolute Gasteiger partial charge is 0.497 e. The first-order valence-electron chi connectivity index (χ1n) is 13.0. The number of halogens is 1. The Kier molecular flexibility index (Phi) is 9.24. The Hall–Kier alpha value is -4.14. The average molecular weight is 562 g/mol. The minimum atomic E-state index is -0.484. The van der Waals surface area contributed by atoms with E-state index in [9.17, 15) is 14.4 Å². The maximum absolute atomic E-state index is 13.5. The second-order valence-electron chi connectivity index (χ2n) is 9.28. The lowest BCUT2D eigenvalue weighted by atomic mass is 10.1. The maximum atomic E-state index is 13.5. The lowest BCUT2D eigenvalue weighted by molar-refractivity contribution is -0.133. The van der Waals surface area contributed by atoms with Crippen molar-refractivity contribution < 1.29 is 23.9 Å². The Morgan fingerprint density at radius 3 is 2.20 bits per heavy atom. The van der Waals surface area contributed by atoms with Crippen molar-refractivity contribution in [3.8, 4) is 11.5 Å². The fourth-order valence-electron chi connectivity index (χ4n) is 4.56. The number of fused-ring (bicyclic) bond motifs is 1. The summed E-state index contributed by atoms with van der Waals surface area (Å²) in [6.07, 6.45) is -0.0568. The van der Waals surface area contributed by atoms with Gasteiger partial charge in [0, 0.05) is 27.4 Å². The Bertz CT molecular complexity index is 1520. The molecule has 0 spiro atoms. The van der Waals surface area contributed by atoms with Crippen molar-refractivity contribution >= 4 is 46.0 Å². The molecule has 0 aliphatic heterocycles. The van der Waals surface area contributed by atoms with Gasteiger partial charge in [-0.2, -0.15) is 0 Å². The molecule has 208 valence electrons. The summed E-state index contributed by atoms with van der Waals surface area (Å²) >= 11 is 6.01. The molecule has 0 saturated heterocycles. The van der Waals surface area contributed by atoms with E-state index in [4.69, 9.17) is 21.1 Å². The molecular weight excluding hydrogens is 530 g/mol. The predicted molar refractivity (Wildman–Crippen MR) is 157 cm³/mol. The highest BCUT2D eigenvalue weighted by Crippen LogP contribution is 2.31. The fourth-order valence-corrected chi connectivity index (χ4v) is 4.69. The molecular formula is C31H32ClN3O5. The number of carbonyl (C=O) groups is 3. The Balaban J connectivity index is 1.53. The van der Waals surface area contributed by atoms with E-state index in [1.165, 1.54) is 0 Å². The minimum Gasteiger partial charge on any atom is -0.497 e. The van der Waals surface area contributed by atoms with Crippen molar-refractivity contribution in [1.29, 1.82) is 0 Å². The van der Waals surface area contributed by atoms with Crippen molar-refractivity contribution in [2.45, 2.75) is 27.2 Å². The number of anilines is 1. The lowest BCUT2D eigenvalue weighted by Crippen LogP contribution is -2.32. The normalized spacial score (nSPS) is 11.1. The number of hydrogen-bond acceptors (Lipinski definition) is 6. The Labute approximate surface area is 238 Å². The molecule has 0 bridgehead atoms. The van der Waals surface area contributed by atoms with E-state index in [1.54, 1.807) is 79.3 Å². The molecule has 9 heteroatoms. The molecule has 0 unspecified atom stereocenters. The van der Waals surface area contributed by atoms with Gasteiger partial charge in [-0.05, 0) is 92.3 Å². The zero-order valence-electron chi connectivity index (χ0n) is 23.0. The number of carbonyl (C=O) groups excluding carboxylic acids is 3. The van der Waals surface area contributed by atoms with Gasteiger partial charge in [-0.15, -0.1) is 0 Å². The molecule has 40 heavy (non-hydrogen) atoms. The molecule has 8 nitrogen and oxygen atoms in total. The van der Waals surface area contributed by atoms with Crippen molar-refractivity contribution in [1.82, 2.24) is 9.47 Å². The van der Waals surface area contributed by atoms with Gasteiger partial charge in [-0.25, -0.2) is 0 Å². The number of esters is 1. The number of hydrogen-bond donors (Lipinski definition) is 1. The number of aromatic nitrogens is 1. The van der Waals surface area contributed by atoms with Gasteiger partial charge in [-0.1, -0.05) is 25.4 Å². The molecule has 0 atom stereocenters. The Morgan fingerprint density at radius 1 is 0.925 bits per heavy atom. The number of rotatable bonds is 10. The third-order valence-corrected chi connectivity index (χ3v) is 7.04. The van der Waals surface area contributed by atoms with Gasteiger partial charge >= 0.3 is 5.97 Å². The molecule has 4 aromatic rings. The van der Waals surface area contributed by atoms with Crippen LogP contribution in [0, 0.1) is 6.92 Å². The van der Waals surface area contributed by atoms with Gasteiger partial charge in [0.25, 0.3) is 5.91 Å². The molecule has 3 aromatic carbocycles. The summed E-state index contributed by atoms with van der Waals surface area (Å²) in [7, 11) is 1.56. The number of likely N-dealkylation sites (N-methyl/N-ethyl adjacent to an activating group) is 1. The third kappa shape index (κ3) is 6.52. The summed E-state index contributed by atoms with van der Waals surface area (Å²) < 4.78 is 12.6. The van der Waals surface area contributed by atoms with Gasteiger partial charge in [0.15, 0.2) is 0 Å². The predicted octanol–water partition coefficient (Wildman–Crippen LogP) is 5.73. The summed E-state index contributed by atoms with van der Waals surface area (Å²) in [6, 6.07) is 18.7. The molecule has 1 N–H and O–H groups in total. The molecule has 0 fully saturated rings. The summed E-state index contributed by atoms with van der Waals surface area (Å²) in [6.45, 7) is 7.71. The molecule has 1 aromatic heterocycles. The first kappa shape index (κ1) is 28.9. The van der Waals surface area contributed by atoms with E-state index in [0.29, 0.717) is 51.1 Å². The topological polar surface area (TPSA) is 89.9 Å². The highest BCUT2D eigenvalue weighted by atomic mass is 35.5. The van der Waals surface area contributed by atoms with Gasteiger partial charge in [0.1, 0.15) is 11.5 Å². The Morgan fingerprint density at radius 2 is 1.57 bits per heavy atom. The summed E-state index contributed by atoms with van der Waals surface area (Å²) in [5, 5.41) is 4.12. The van der Waals surface area contributed by atoms with Crippen molar-refractivity contribution in [3.63, 3.8) is 0 Å². The lowest BCUT2D eigenvalue weighted by Gasteiger charge is -2.17. The van der Waals surface area contributed by atoms with Gasteiger partial charge in [0.2, 0.25) is 5.91 Å². The number of amides is 1. The van der Waals surface area contributed by atoms with Crippen LogP contribution in [-0.2, 0) is 16.0 Å². The zero-order valence-corrected chi connectivity index (χ0v) is 23.7. The van der Waals surface area contributed by atoms with Crippen LogP contribution in [0.2, 0.25) is 5.02 Å². The first-order chi connectivity index (χ1) is 19.2. The average Bonchev–Trinajstić information content (AvgIpc) is 3.22. The number of methoxy groups -OCH3 is 1. The molecule has 0 radical (unpaired) electrons. The van der Waals surface area contributed by atoms with Crippen LogP contribution in [0.1, 0.15) is 35.5 Å². The van der Waals surface area contributed by atoms with Gasteiger partial charge < -0.3 is 14.8 Å². The van der Waals surface area contributed by atoms with Crippen molar-refractivity contribution in [3.05, 3.63) is 88.6 Å². The fraction of sp³-hybridized carbons (Fsp3) is 0.258. The first-order valence-corrected chi connectivity index (χ1v) is 13.4. The molecule has 0 aliphatic rings. The molecule has 0 aliphatic carbocycles. The maximum Gasteiger partial charge on any atom is 0.315 e. The van der Waals surface area contributed by atoms with Crippen LogP contribution in [0.5, 0.6) is 11.5 Å². The zero-order chi connectivity index (χ0) is 28.8. The SMILES string of the molecule is CCN(CC)CC(=O)Nc1ccc(OC(=O)Cc2c(C)n(C(=O)c3ccc(Cl)cc3)c3ccc(OC)cc23)cc1. The molecule has 4 rings (SSSR count). The number of nitrogens with zero attached hydrogens (tertiary/aromatic N) is 2. The molecule has 0 saturated carbocycles. The van der Waals surface area contributed by atoms with Crippen LogP contribution in [-0.4, -0.2) is 54.0 Å². The van der Waals surface area contributed by atoms with Crippen molar-refractivity contribution in [2.75, 3.05) is 32.1 Å². The van der Waals surface area contributed by atoms with Crippen LogP contribution < -0.4 is 14.8 Å². The second kappa shape index (κ2) is 12.8. The van der Waals surface area contributed by atoms with Crippen LogP contribution in [0.25, 0.3) is 10.9 Å². The van der Waals surface area contributed by atoms with Gasteiger partial charge in [0.05, 0.1) is 25.6 Å². The number of benzene rings is 3. The summed E-state index contributed by atoms with van der Waals surface area (Å²) in [5.41, 5.74) is 3.04. The third-order valence-electron chi connectivity index (χ3n) is 6.79. The highest BCUT2D eigenvalue weighted by Gasteiger charge is 2.23. The van der Waals surface area contributed by atoms with Crippen LogP contribution in [0.15, 0.2) is 66.7 Å². The minimum absolute atomic E-state index is 0.0568. The number of ether oxygens (including phenoxy) is 2. The van der Waals surface area contributed by atoms with E-state index in [1.807, 2.05) is 24.8 Å². The van der Waals surface area contributed by atoms with Crippen LogP contribution in [0.4, 0.5) is 5.69 Å². The monoisotopic (exact) mass is 561 g/mol. The van der Waals surface area contributed by atoms with Crippen LogP contribution in [0.3, 0.4) is 0 Å². The second-order valence-corrected chi connectivity index (χ2v) is 9.72. The molecule has 1 amide bonds. The van der Waals surface area contributed by atoms with E-state index in [0.717, 1.165) is 18.5 Å².